The third kappa shape index (κ3) is 4.87. The van der Waals surface area contributed by atoms with Gasteiger partial charge in [-0.3, -0.25) is 9.59 Å². The number of fused-ring (bicyclic) bond motifs is 2. The molecule has 2 N–H and O–H groups in total. The maximum Gasteiger partial charge on any atom is 0.257 e. The second-order valence-electron chi connectivity index (χ2n) is 9.33. The minimum Gasteiger partial charge on any atom is -0.348 e. The summed E-state index contributed by atoms with van der Waals surface area (Å²) in [6.45, 7) is 0.885. The van der Waals surface area contributed by atoms with Gasteiger partial charge in [0.2, 0.25) is 9.84 Å². The Balaban J connectivity index is 1.13. The Morgan fingerprint density at radius 3 is 2.40 bits per heavy atom. The molecule has 2 heterocycles. The van der Waals surface area contributed by atoms with Crippen molar-refractivity contribution < 1.29 is 18.0 Å². The highest BCUT2D eigenvalue weighted by Crippen LogP contribution is 2.34. The Morgan fingerprint density at radius 2 is 1.60 bits per heavy atom. The minimum absolute atomic E-state index is 0.0568. The predicted molar refractivity (Wildman–Crippen MR) is 148 cm³/mol. The summed E-state index contributed by atoms with van der Waals surface area (Å²) >= 11 is 0. The van der Waals surface area contributed by atoms with E-state index in [1.807, 2.05) is 60.8 Å². The standard InChI is InChI=1S/C30H23N5O4S/c36-29(23-14-15-28-25(16-23)32-30(37)24-8-4-5-9-27(24)40(28,38)39)31-17-20-10-12-22(13-11-20)26-19-35(34-33-26)18-21-6-2-1-3-7-21/h1-16,19H,17-18H2,(H,31,36)(H,32,37). The molecule has 1 aliphatic rings. The predicted octanol–water partition coefficient (Wildman–Crippen LogP) is 4.32. The number of aromatic nitrogens is 3. The molecule has 1 aliphatic heterocycles. The van der Waals surface area contributed by atoms with Crippen LogP contribution in [0.25, 0.3) is 11.3 Å². The van der Waals surface area contributed by atoms with Gasteiger partial charge in [0.25, 0.3) is 11.8 Å². The van der Waals surface area contributed by atoms with Gasteiger partial charge in [0, 0.05) is 17.7 Å². The van der Waals surface area contributed by atoms with E-state index in [1.165, 1.54) is 30.3 Å². The van der Waals surface area contributed by atoms with Gasteiger partial charge in [-0.15, -0.1) is 5.10 Å². The largest absolute Gasteiger partial charge is 0.348 e. The zero-order chi connectivity index (χ0) is 27.7. The van der Waals surface area contributed by atoms with E-state index < -0.39 is 21.7 Å². The molecule has 2 amide bonds. The van der Waals surface area contributed by atoms with Gasteiger partial charge in [0.1, 0.15) is 5.69 Å². The van der Waals surface area contributed by atoms with E-state index in [4.69, 9.17) is 0 Å². The number of hydrogen-bond acceptors (Lipinski definition) is 6. The number of nitrogens with zero attached hydrogens (tertiary/aromatic N) is 3. The van der Waals surface area contributed by atoms with Crippen LogP contribution in [0.4, 0.5) is 5.69 Å². The lowest BCUT2D eigenvalue weighted by Gasteiger charge is -2.10. The van der Waals surface area contributed by atoms with Crippen molar-refractivity contribution in [2.24, 2.45) is 0 Å². The van der Waals surface area contributed by atoms with Crippen molar-refractivity contribution in [3.8, 4) is 11.3 Å². The molecule has 1 aromatic heterocycles. The number of amides is 2. The Hall–Kier alpha value is -5.09. The zero-order valence-electron chi connectivity index (χ0n) is 21.1. The van der Waals surface area contributed by atoms with Crippen molar-refractivity contribution in [3.63, 3.8) is 0 Å². The molecule has 0 fully saturated rings. The summed E-state index contributed by atoms with van der Waals surface area (Å²) in [6.07, 6.45) is 1.89. The highest BCUT2D eigenvalue weighted by Gasteiger charge is 2.31. The molecule has 0 atom stereocenters. The fourth-order valence-electron chi connectivity index (χ4n) is 4.56. The molecule has 0 bridgehead atoms. The lowest BCUT2D eigenvalue weighted by atomic mass is 10.1. The van der Waals surface area contributed by atoms with E-state index in [2.05, 4.69) is 20.9 Å². The molecule has 198 valence electrons. The first-order chi connectivity index (χ1) is 19.4. The fraction of sp³-hybridized carbons (Fsp3) is 0.0667. The maximum atomic E-state index is 13.2. The molecule has 4 aromatic carbocycles. The van der Waals surface area contributed by atoms with Gasteiger partial charge in [-0.1, -0.05) is 71.9 Å². The van der Waals surface area contributed by atoms with Crippen LogP contribution >= 0.6 is 0 Å². The number of carbonyl (C=O) groups is 2. The van der Waals surface area contributed by atoms with Gasteiger partial charge >= 0.3 is 0 Å². The molecule has 9 nitrogen and oxygen atoms in total. The van der Waals surface area contributed by atoms with Crippen LogP contribution in [0.5, 0.6) is 0 Å². The second-order valence-corrected chi connectivity index (χ2v) is 11.2. The van der Waals surface area contributed by atoms with Crippen molar-refractivity contribution in [2.45, 2.75) is 22.9 Å². The summed E-state index contributed by atoms with van der Waals surface area (Å²) in [7, 11) is -3.94. The SMILES string of the molecule is O=C(NCc1ccc(-c2cn(Cc3ccccc3)nn2)cc1)c1ccc2c(c1)NC(=O)c1ccccc1S2(=O)=O. The molecule has 0 saturated carbocycles. The number of benzene rings is 4. The number of rotatable bonds is 6. The first-order valence-corrected chi connectivity index (χ1v) is 14.0. The van der Waals surface area contributed by atoms with Crippen molar-refractivity contribution in [1.29, 1.82) is 0 Å². The number of sulfone groups is 1. The highest BCUT2D eigenvalue weighted by atomic mass is 32.2. The summed E-state index contributed by atoms with van der Waals surface area (Å²) in [5, 5.41) is 14.0. The van der Waals surface area contributed by atoms with Gasteiger partial charge in [0.05, 0.1) is 33.8 Å². The molecule has 0 saturated heterocycles. The molecular weight excluding hydrogens is 526 g/mol. The average Bonchev–Trinajstić information content (AvgIpc) is 3.42. The van der Waals surface area contributed by atoms with Crippen LogP contribution in [0.1, 0.15) is 31.8 Å². The van der Waals surface area contributed by atoms with E-state index in [0.717, 1.165) is 22.4 Å². The fourth-order valence-corrected chi connectivity index (χ4v) is 6.15. The van der Waals surface area contributed by atoms with Crippen LogP contribution in [0, 0.1) is 0 Å². The summed E-state index contributed by atoms with van der Waals surface area (Å²) in [5.74, 6) is -0.945. The third-order valence-corrected chi connectivity index (χ3v) is 8.50. The summed E-state index contributed by atoms with van der Waals surface area (Å²) < 4.78 is 28.1. The van der Waals surface area contributed by atoms with E-state index >= 15 is 0 Å². The van der Waals surface area contributed by atoms with Crippen LogP contribution < -0.4 is 10.6 Å². The van der Waals surface area contributed by atoms with Crippen molar-refractivity contribution in [1.82, 2.24) is 20.3 Å². The van der Waals surface area contributed by atoms with E-state index in [9.17, 15) is 18.0 Å². The van der Waals surface area contributed by atoms with Crippen molar-refractivity contribution in [2.75, 3.05) is 5.32 Å². The Labute approximate surface area is 230 Å². The summed E-state index contributed by atoms with van der Waals surface area (Å²) in [4.78, 5) is 25.5. The van der Waals surface area contributed by atoms with E-state index in [1.54, 1.807) is 16.8 Å². The minimum atomic E-state index is -3.94. The lowest BCUT2D eigenvalue weighted by molar-refractivity contribution is 0.0949. The lowest BCUT2D eigenvalue weighted by Crippen LogP contribution is -2.23. The molecule has 0 unspecified atom stereocenters. The average molecular weight is 550 g/mol. The first-order valence-electron chi connectivity index (χ1n) is 12.5. The molecule has 5 aromatic rings. The van der Waals surface area contributed by atoms with E-state index in [-0.39, 0.29) is 33.2 Å². The van der Waals surface area contributed by atoms with Gasteiger partial charge in [-0.05, 0) is 41.5 Å². The molecule has 40 heavy (non-hydrogen) atoms. The van der Waals surface area contributed by atoms with Crippen LogP contribution in [0.15, 0.2) is 113 Å². The van der Waals surface area contributed by atoms with Gasteiger partial charge in [-0.25, -0.2) is 13.1 Å². The second kappa shape index (κ2) is 10.2. The molecule has 0 spiro atoms. The number of carbonyl (C=O) groups excluding carboxylic acids is 2. The Kier molecular flexibility index (Phi) is 6.45. The van der Waals surface area contributed by atoms with Crippen LogP contribution in [0.3, 0.4) is 0 Å². The molecule has 10 heteroatoms. The molecule has 6 rings (SSSR count). The summed E-state index contributed by atoms with van der Waals surface area (Å²) in [6, 6.07) is 27.8. The molecule has 0 radical (unpaired) electrons. The highest BCUT2D eigenvalue weighted by molar-refractivity contribution is 7.91. The number of anilines is 1. The third-order valence-electron chi connectivity index (χ3n) is 6.63. The normalized spacial score (nSPS) is 13.4. The van der Waals surface area contributed by atoms with Crippen LogP contribution in [-0.2, 0) is 22.9 Å². The monoisotopic (exact) mass is 549 g/mol. The Morgan fingerprint density at radius 1 is 0.850 bits per heavy atom. The Bertz CT molecular complexity index is 1850. The van der Waals surface area contributed by atoms with Gasteiger partial charge < -0.3 is 10.6 Å². The quantitative estimate of drug-likeness (QED) is 0.325. The number of nitrogens with one attached hydrogen (secondary N) is 2. The first kappa shape index (κ1) is 25.2. The van der Waals surface area contributed by atoms with Gasteiger partial charge in [0.15, 0.2) is 0 Å². The van der Waals surface area contributed by atoms with Crippen molar-refractivity contribution >= 4 is 27.3 Å². The van der Waals surface area contributed by atoms with Crippen molar-refractivity contribution in [3.05, 3.63) is 126 Å². The van der Waals surface area contributed by atoms with Crippen LogP contribution in [-0.4, -0.2) is 35.2 Å². The summed E-state index contributed by atoms with van der Waals surface area (Å²) in [5.41, 5.74) is 4.01. The molecular formula is C30H23N5O4S. The molecule has 0 aliphatic carbocycles. The maximum absolute atomic E-state index is 13.2. The van der Waals surface area contributed by atoms with Gasteiger partial charge in [-0.2, -0.15) is 0 Å². The number of hydrogen-bond donors (Lipinski definition) is 2. The topological polar surface area (TPSA) is 123 Å². The van der Waals surface area contributed by atoms with E-state index in [0.29, 0.717) is 6.54 Å². The smallest absolute Gasteiger partial charge is 0.257 e. The van der Waals surface area contributed by atoms with Crippen LogP contribution in [0.2, 0.25) is 0 Å². The zero-order valence-corrected chi connectivity index (χ0v) is 21.9.